The van der Waals surface area contributed by atoms with Crippen LogP contribution >= 0.6 is 24.8 Å². The lowest BCUT2D eigenvalue weighted by molar-refractivity contribution is -0.123. The molecule has 1 aromatic rings. The lowest BCUT2D eigenvalue weighted by atomic mass is 10.2. The van der Waals surface area contributed by atoms with Crippen molar-refractivity contribution in [3.8, 4) is 0 Å². The van der Waals surface area contributed by atoms with Gasteiger partial charge in [-0.2, -0.15) is 0 Å². The molecular formula is C12H16Cl2F2N4O2. The van der Waals surface area contributed by atoms with E-state index in [-0.39, 0.29) is 37.1 Å². The van der Waals surface area contributed by atoms with Gasteiger partial charge < -0.3 is 11.1 Å². The molecule has 6 nitrogen and oxygen atoms in total. The predicted octanol–water partition coefficient (Wildman–Crippen LogP) is 0.638. The fourth-order valence-electron chi connectivity index (χ4n) is 1.89. The van der Waals surface area contributed by atoms with Gasteiger partial charge in [0.2, 0.25) is 5.91 Å². The molecule has 1 unspecified atom stereocenters. The SMILES string of the molecule is Cl.Cl.NC(=O)c1ccc(CNC(=O)C2CC(F)(F)CN2)cn1. The van der Waals surface area contributed by atoms with Gasteiger partial charge in [0, 0.05) is 19.2 Å². The first-order valence-electron chi connectivity index (χ1n) is 6.01. The molecule has 1 atom stereocenters. The Balaban J connectivity index is 0.00000220. The van der Waals surface area contributed by atoms with Crippen LogP contribution in [0.15, 0.2) is 18.3 Å². The summed E-state index contributed by atoms with van der Waals surface area (Å²) in [6.07, 6.45) is 0.898. The Morgan fingerprint density at radius 1 is 1.41 bits per heavy atom. The lowest BCUT2D eigenvalue weighted by Crippen LogP contribution is -2.40. The molecule has 1 aromatic heterocycles. The zero-order chi connectivity index (χ0) is 14.8. The van der Waals surface area contributed by atoms with Crippen molar-refractivity contribution in [3.05, 3.63) is 29.6 Å². The second kappa shape index (κ2) is 8.21. The molecule has 0 radical (unpaired) electrons. The highest BCUT2D eigenvalue weighted by atomic mass is 35.5. The Morgan fingerprint density at radius 3 is 2.55 bits per heavy atom. The molecule has 124 valence electrons. The van der Waals surface area contributed by atoms with Gasteiger partial charge in [-0.05, 0) is 11.6 Å². The maximum absolute atomic E-state index is 12.9. The summed E-state index contributed by atoms with van der Waals surface area (Å²) in [5.74, 6) is -3.97. The molecule has 10 heteroatoms. The Morgan fingerprint density at radius 2 is 2.09 bits per heavy atom. The molecule has 2 rings (SSSR count). The molecular weight excluding hydrogens is 341 g/mol. The summed E-state index contributed by atoms with van der Waals surface area (Å²) in [4.78, 5) is 26.3. The van der Waals surface area contributed by atoms with Gasteiger partial charge in [0.15, 0.2) is 0 Å². The number of pyridine rings is 1. The number of nitrogens with two attached hydrogens (primary N) is 1. The molecule has 0 aliphatic carbocycles. The second-order valence-electron chi connectivity index (χ2n) is 4.63. The molecule has 1 aliphatic heterocycles. The summed E-state index contributed by atoms with van der Waals surface area (Å²) in [5, 5.41) is 5.00. The van der Waals surface area contributed by atoms with E-state index in [0.717, 1.165) is 0 Å². The van der Waals surface area contributed by atoms with Crippen LogP contribution in [0, 0.1) is 0 Å². The van der Waals surface area contributed by atoms with Crippen molar-refractivity contribution in [1.29, 1.82) is 0 Å². The number of hydrogen-bond acceptors (Lipinski definition) is 4. The van der Waals surface area contributed by atoms with Crippen molar-refractivity contribution in [2.45, 2.75) is 24.9 Å². The summed E-state index contributed by atoms with van der Waals surface area (Å²) in [6, 6.07) is 2.14. The van der Waals surface area contributed by atoms with E-state index in [1.165, 1.54) is 12.3 Å². The van der Waals surface area contributed by atoms with Gasteiger partial charge in [-0.15, -0.1) is 24.8 Å². The predicted molar refractivity (Wildman–Crippen MR) is 80.5 cm³/mol. The van der Waals surface area contributed by atoms with Crippen molar-refractivity contribution in [2.24, 2.45) is 5.73 Å². The lowest BCUT2D eigenvalue weighted by Gasteiger charge is -2.11. The average molecular weight is 357 g/mol. The molecule has 0 saturated carbocycles. The number of amides is 2. The summed E-state index contributed by atoms with van der Waals surface area (Å²) in [6.45, 7) is -0.339. The number of nitrogens with zero attached hydrogens (tertiary/aromatic N) is 1. The van der Waals surface area contributed by atoms with Gasteiger partial charge in [-0.3, -0.25) is 19.9 Å². The van der Waals surface area contributed by atoms with Crippen LogP contribution in [0.2, 0.25) is 0 Å². The zero-order valence-electron chi connectivity index (χ0n) is 11.3. The minimum atomic E-state index is -2.84. The van der Waals surface area contributed by atoms with E-state index in [9.17, 15) is 18.4 Å². The topological polar surface area (TPSA) is 97.1 Å². The van der Waals surface area contributed by atoms with Gasteiger partial charge in [-0.1, -0.05) is 6.07 Å². The Bertz CT molecular complexity index is 528. The number of alkyl halides is 2. The zero-order valence-corrected chi connectivity index (χ0v) is 13.0. The van der Waals surface area contributed by atoms with E-state index in [4.69, 9.17) is 5.73 Å². The molecule has 1 saturated heterocycles. The molecule has 22 heavy (non-hydrogen) atoms. The van der Waals surface area contributed by atoms with Gasteiger partial charge in [0.25, 0.3) is 11.8 Å². The van der Waals surface area contributed by atoms with Crippen LogP contribution in [-0.4, -0.2) is 35.3 Å². The highest BCUT2D eigenvalue weighted by Gasteiger charge is 2.42. The fourth-order valence-corrected chi connectivity index (χ4v) is 1.89. The van der Waals surface area contributed by atoms with Crippen LogP contribution in [0.1, 0.15) is 22.5 Å². The van der Waals surface area contributed by atoms with E-state index in [0.29, 0.717) is 5.56 Å². The highest BCUT2D eigenvalue weighted by Crippen LogP contribution is 2.25. The smallest absolute Gasteiger partial charge is 0.267 e. The number of rotatable bonds is 4. The molecule has 1 aliphatic rings. The number of primary amides is 1. The number of nitrogens with one attached hydrogen (secondary N) is 2. The fraction of sp³-hybridized carbons (Fsp3) is 0.417. The molecule has 2 heterocycles. The van der Waals surface area contributed by atoms with E-state index in [2.05, 4.69) is 15.6 Å². The number of halogens is 4. The number of hydrogen-bond donors (Lipinski definition) is 3. The molecule has 1 fully saturated rings. The molecule has 0 bridgehead atoms. The van der Waals surface area contributed by atoms with E-state index >= 15 is 0 Å². The quantitative estimate of drug-likeness (QED) is 0.737. The van der Waals surface area contributed by atoms with Crippen molar-refractivity contribution in [3.63, 3.8) is 0 Å². The first-order valence-corrected chi connectivity index (χ1v) is 6.01. The average Bonchev–Trinajstić information content (AvgIpc) is 2.77. The van der Waals surface area contributed by atoms with Crippen LogP contribution in [0.3, 0.4) is 0 Å². The first kappa shape index (κ1) is 20.5. The van der Waals surface area contributed by atoms with Gasteiger partial charge >= 0.3 is 0 Å². The van der Waals surface area contributed by atoms with Crippen LogP contribution in [0.4, 0.5) is 8.78 Å². The summed E-state index contributed by atoms with van der Waals surface area (Å²) in [5.41, 5.74) is 5.81. The van der Waals surface area contributed by atoms with Crippen molar-refractivity contribution in [1.82, 2.24) is 15.6 Å². The van der Waals surface area contributed by atoms with Gasteiger partial charge in [-0.25, -0.2) is 8.78 Å². The minimum Gasteiger partial charge on any atom is -0.364 e. The molecule has 4 N–H and O–H groups in total. The molecule has 2 amide bonds. The Kier molecular flexibility index (Phi) is 7.65. The van der Waals surface area contributed by atoms with Crippen molar-refractivity contribution >= 4 is 36.6 Å². The van der Waals surface area contributed by atoms with Crippen LogP contribution in [-0.2, 0) is 11.3 Å². The van der Waals surface area contributed by atoms with E-state index in [1.807, 2.05) is 0 Å². The maximum Gasteiger partial charge on any atom is 0.267 e. The minimum absolute atomic E-state index is 0. The summed E-state index contributed by atoms with van der Waals surface area (Å²) < 4.78 is 25.9. The third kappa shape index (κ3) is 5.36. The third-order valence-corrected chi connectivity index (χ3v) is 2.97. The Labute approximate surface area is 138 Å². The number of carbonyl (C=O) groups is 2. The van der Waals surface area contributed by atoms with Crippen LogP contribution in [0.5, 0.6) is 0 Å². The van der Waals surface area contributed by atoms with E-state index < -0.39 is 36.7 Å². The van der Waals surface area contributed by atoms with Gasteiger partial charge in [0.1, 0.15) is 5.69 Å². The standard InChI is InChI=1S/C12H14F2N4O2.2ClH/c13-12(14)3-9(18-6-12)11(20)17-5-7-1-2-8(10(15)19)16-4-7;;/h1-2,4,9,18H,3,5-6H2,(H2,15,19)(H,17,20);2*1H. The van der Waals surface area contributed by atoms with Crippen LogP contribution < -0.4 is 16.4 Å². The first-order chi connectivity index (χ1) is 9.37. The summed E-state index contributed by atoms with van der Waals surface area (Å²) >= 11 is 0. The molecule has 0 aromatic carbocycles. The normalized spacial score (nSPS) is 18.7. The van der Waals surface area contributed by atoms with Gasteiger partial charge in [0.05, 0.1) is 12.6 Å². The third-order valence-electron chi connectivity index (χ3n) is 2.97. The monoisotopic (exact) mass is 356 g/mol. The maximum atomic E-state index is 12.9. The largest absolute Gasteiger partial charge is 0.364 e. The van der Waals surface area contributed by atoms with Crippen LogP contribution in [0.25, 0.3) is 0 Å². The molecule has 0 spiro atoms. The van der Waals surface area contributed by atoms with E-state index in [1.54, 1.807) is 6.07 Å². The Hall–Kier alpha value is -1.51. The van der Waals surface area contributed by atoms with Crippen molar-refractivity contribution < 1.29 is 18.4 Å². The highest BCUT2D eigenvalue weighted by molar-refractivity contribution is 5.90. The number of aromatic nitrogens is 1. The number of carbonyl (C=O) groups excluding carboxylic acids is 2. The summed E-state index contributed by atoms with van der Waals surface area (Å²) in [7, 11) is 0. The van der Waals surface area contributed by atoms with Crippen molar-refractivity contribution in [2.75, 3.05) is 6.54 Å². The second-order valence-corrected chi connectivity index (χ2v) is 4.63.